The predicted octanol–water partition coefficient (Wildman–Crippen LogP) is 3.37. The van der Waals surface area contributed by atoms with Crippen LogP contribution in [0.5, 0.6) is 0 Å². The Hall–Kier alpha value is -1.22. The molecule has 0 aliphatic heterocycles. The van der Waals surface area contributed by atoms with Crippen molar-refractivity contribution in [3.05, 3.63) is 28.8 Å². The maximum atomic E-state index is 11.6. The Morgan fingerprint density at radius 3 is 2.78 bits per heavy atom. The quantitative estimate of drug-likeness (QED) is 0.831. The number of hydrogen-bond donors (Lipinski definition) is 2. The molecule has 18 heavy (non-hydrogen) atoms. The molecular weight excluding hydrogens is 248 g/mol. The molecular formula is C14H21ClN2O. The minimum absolute atomic E-state index is 0.0865. The minimum Gasteiger partial charge on any atom is -0.384 e. The van der Waals surface area contributed by atoms with Crippen LogP contribution in [-0.2, 0) is 4.79 Å². The lowest BCUT2D eigenvalue weighted by molar-refractivity contribution is -0.121. The second-order valence-corrected chi connectivity index (χ2v) is 4.95. The van der Waals surface area contributed by atoms with Gasteiger partial charge in [-0.05, 0) is 44.0 Å². The number of carbonyl (C=O) groups excluding carboxylic acids is 1. The van der Waals surface area contributed by atoms with Crippen molar-refractivity contribution < 1.29 is 4.79 Å². The molecule has 1 amide bonds. The number of nitrogens with one attached hydrogen (secondary N) is 2. The van der Waals surface area contributed by atoms with Crippen molar-refractivity contribution in [2.75, 3.05) is 11.9 Å². The highest BCUT2D eigenvalue weighted by Crippen LogP contribution is 2.19. The summed E-state index contributed by atoms with van der Waals surface area (Å²) in [6, 6.07) is 5.93. The van der Waals surface area contributed by atoms with Crippen LogP contribution < -0.4 is 10.6 Å². The predicted molar refractivity (Wildman–Crippen MR) is 77.2 cm³/mol. The third-order valence-corrected chi connectivity index (χ3v) is 3.11. The summed E-state index contributed by atoms with van der Waals surface area (Å²) in [6.45, 7) is 6.69. The maximum absolute atomic E-state index is 11.6. The lowest BCUT2D eigenvalue weighted by atomic mass is 10.2. The molecule has 0 bridgehead atoms. The first kappa shape index (κ1) is 14.8. The lowest BCUT2D eigenvalue weighted by Crippen LogP contribution is -2.32. The van der Waals surface area contributed by atoms with Gasteiger partial charge in [-0.2, -0.15) is 0 Å². The number of carbonyl (C=O) groups is 1. The van der Waals surface area contributed by atoms with E-state index in [1.54, 1.807) is 0 Å². The van der Waals surface area contributed by atoms with Gasteiger partial charge in [-0.3, -0.25) is 4.79 Å². The fraction of sp³-hybridized carbons (Fsp3) is 0.500. The molecule has 100 valence electrons. The normalized spacial score (nSPS) is 12.0. The topological polar surface area (TPSA) is 41.1 Å². The maximum Gasteiger partial charge on any atom is 0.221 e. The van der Waals surface area contributed by atoms with Crippen LogP contribution in [0, 0.1) is 6.92 Å². The van der Waals surface area contributed by atoms with E-state index in [0.29, 0.717) is 13.0 Å². The third-order valence-electron chi connectivity index (χ3n) is 2.88. The van der Waals surface area contributed by atoms with E-state index >= 15 is 0 Å². The van der Waals surface area contributed by atoms with Crippen LogP contribution in [-0.4, -0.2) is 18.5 Å². The van der Waals surface area contributed by atoms with Gasteiger partial charge in [0.1, 0.15) is 0 Å². The van der Waals surface area contributed by atoms with E-state index in [0.717, 1.165) is 22.7 Å². The second-order valence-electron chi connectivity index (χ2n) is 4.51. The summed E-state index contributed by atoms with van der Waals surface area (Å²) in [6.07, 6.45) is 1.43. The molecule has 0 saturated heterocycles. The smallest absolute Gasteiger partial charge is 0.221 e. The first-order valence-corrected chi connectivity index (χ1v) is 6.70. The van der Waals surface area contributed by atoms with Crippen molar-refractivity contribution in [1.82, 2.24) is 5.32 Å². The first-order valence-electron chi connectivity index (χ1n) is 6.32. The molecule has 1 aromatic carbocycles. The molecule has 1 aromatic rings. The van der Waals surface area contributed by atoms with Crippen LogP contribution >= 0.6 is 11.6 Å². The van der Waals surface area contributed by atoms with Crippen molar-refractivity contribution in [1.29, 1.82) is 0 Å². The van der Waals surface area contributed by atoms with Crippen LogP contribution in [0.4, 0.5) is 5.69 Å². The molecule has 0 radical (unpaired) electrons. The fourth-order valence-electron chi connectivity index (χ4n) is 1.59. The van der Waals surface area contributed by atoms with Crippen molar-refractivity contribution in [2.45, 2.75) is 39.7 Å². The summed E-state index contributed by atoms with van der Waals surface area (Å²) < 4.78 is 0. The summed E-state index contributed by atoms with van der Waals surface area (Å²) in [4.78, 5) is 11.6. The molecule has 0 saturated carbocycles. The van der Waals surface area contributed by atoms with Gasteiger partial charge < -0.3 is 10.6 Å². The zero-order valence-electron chi connectivity index (χ0n) is 11.2. The lowest BCUT2D eigenvalue weighted by Gasteiger charge is -2.13. The van der Waals surface area contributed by atoms with Crippen molar-refractivity contribution in [3.63, 3.8) is 0 Å². The van der Waals surface area contributed by atoms with Crippen LogP contribution in [0.3, 0.4) is 0 Å². The van der Waals surface area contributed by atoms with E-state index in [1.807, 2.05) is 32.0 Å². The monoisotopic (exact) mass is 268 g/mol. The molecule has 4 heteroatoms. The van der Waals surface area contributed by atoms with E-state index < -0.39 is 0 Å². The molecule has 0 aliphatic carbocycles. The number of benzene rings is 1. The van der Waals surface area contributed by atoms with E-state index in [2.05, 4.69) is 17.6 Å². The van der Waals surface area contributed by atoms with E-state index in [9.17, 15) is 4.79 Å². The zero-order chi connectivity index (χ0) is 13.5. The number of aryl methyl sites for hydroxylation is 1. The van der Waals surface area contributed by atoms with Gasteiger partial charge in [-0.25, -0.2) is 0 Å². The molecule has 0 aliphatic rings. The summed E-state index contributed by atoms with van der Waals surface area (Å²) in [5.41, 5.74) is 2.11. The number of anilines is 1. The SMILES string of the molecule is CCC(C)NC(=O)CCNc1ccc(Cl)cc1C. The van der Waals surface area contributed by atoms with E-state index in [1.165, 1.54) is 0 Å². The second kappa shape index (κ2) is 7.27. The van der Waals surface area contributed by atoms with Gasteiger partial charge in [-0.1, -0.05) is 18.5 Å². The molecule has 1 rings (SSSR count). The molecule has 0 heterocycles. The molecule has 0 spiro atoms. The average molecular weight is 269 g/mol. The summed E-state index contributed by atoms with van der Waals surface area (Å²) in [5.74, 6) is 0.0865. The van der Waals surface area contributed by atoms with Crippen LogP contribution in [0.15, 0.2) is 18.2 Å². The minimum atomic E-state index is 0.0865. The van der Waals surface area contributed by atoms with Crippen LogP contribution in [0.25, 0.3) is 0 Å². The summed E-state index contributed by atoms with van der Waals surface area (Å²) >= 11 is 5.88. The van der Waals surface area contributed by atoms with Gasteiger partial charge in [0.05, 0.1) is 0 Å². The third kappa shape index (κ3) is 4.96. The van der Waals surface area contributed by atoms with Crippen molar-refractivity contribution >= 4 is 23.2 Å². The highest BCUT2D eigenvalue weighted by Gasteiger charge is 2.05. The van der Waals surface area contributed by atoms with Crippen molar-refractivity contribution in [3.8, 4) is 0 Å². The fourth-order valence-corrected chi connectivity index (χ4v) is 1.81. The standard InChI is InChI=1S/C14H21ClN2O/c1-4-11(3)17-14(18)7-8-16-13-6-5-12(15)9-10(13)2/h5-6,9,11,16H,4,7-8H2,1-3H3,(H,17,18). The van der Waals surface area contributed by atoms with Crippen LogP contribution in [0.2, 0.25) is 5.02 Å². The van der Waals surface area contributed by atoms with Gasteiger partial charge in [0.15, 0.2) is 0 Å². The number of amides is 1. The first-order chi connectivity index (χ1) is 8.52. The van der Waals surface area contributed by atoms with Gasteiger partial charge in [0.25, 0.3) is 0 Å². The number of rotatable bonds is 6. The molecule has 3 nitrogen and oxygen atoms in total. The Labute approximate surface area is 114 Å². The molecule has 0 aromatic heterocycles. The van der Waals surface area contributed by atoms with Gasteiger partial charge >= 0.3 is 0 Å². The molecule has 1 unspecified atom stereocenters. The van der Waals surface area contributed by atoms with Gasteiger partial charge in [0, 0.05) is 29.7 Å². The molecule has 2 N–H and O–H groups in total. The number of halogens is 1. The Morgan fingerprint density at radius 2 is 2.17 bits per heavy atom. The Bertz CT molecular complexity index is 407. The highest BCUT2D eigenvalue weighted by molar-refractivity contribution is 6.30. The summed E-state index contributed by atoms with van der Waals surface area (Å²) in [5, 5.41) is 6.91. The van der Waals surface area contributed by atoms with E-state index in [4.69, 9.17) is 11.6 Å². The zero-order valence-corrected chi connectivity index (χ0v) is 12.0. The Kier molecular flexibility index (Phi) is 5.99. The molecule has 1 atom stereocenters. The molecule has 0 fully saturated rings. The largest absolute Gasteiger partial charge is 0.384 e. The van der Waals surface area contributed by atoms with Crippen molar-refractivity contribution in [2.24, 2.45) is 0 Å². The average Bonchev–Trinajstić information content (AvgIpc) is 2.31. The van der Waals surface area contributed by atoms with Crippen LogP contribution in [0.1, 0.15) is 32.3 Å². The van der Waals surface area contributed by atoms with E-state index in [-0.39, 0.29) is 11.9 Å². The Balaban J connectivity index is 2.35. The summed E-state index contributed by atoms with van der Waals surface area (Å²) in [7, 11) is 0. The number of hydrogen-bond acceptors (Lipinski definition) is 2. The Morgan fingerprint density at radius 1 is 1.44 bits per heavy atom. The van der Waals surface area contributed by atoms with Gasteiger partial charge in [0.2, 0.25) is 5.91 Å². The van der Waals surface area contributed by atoms with Gasteiger partial charge in [-0.15, -0.1) is 0 Å². The highest BCUT2D eigenvalue weighted by atomic mass is 35.5.